The number of aryl methyl sites for hydroxylation is 1. The lowest BCUT2D eigenvalue weighted by molar-refractivity contribution is -0.128. The molecule has 0 unspecified atom stereocenters. The third-order valence-electron chi connectivity index (χ3n) is 5.63. The molecule has 3 aromatic carbocycles. The number of carbonyl (C=O) groups is 2. The summed E-state index contributed by atoms with van der Waals surface area (Å²) in [6.07, 6.45) is 1.48. The normalized spacial score (nSPS) is 13.7. The molecule has 2 N–H and O–H groups in total. The molecule has 0 bridgehead atoms. The van der Waals surface area contributed by atoms with Gasteiger partial charge in [-0.25, -0.2) is 8.42 Å². The largest absolute Gasteiger partial charge is 0.338 e. The van der Waals surface area contributed by atoms with Crippen molar-refractivity contribution >= 4 is 44.8 Å². The fraction of sp³-hybridized carbons (Fsp3) is 0.200. The second kappa shape index (κ2) is 9.87. The van der Waals surface area contributed by atoms with Gasteiger partial charge in [0.2, 0.25) is 5.91 Å². The van der Waals surface area contributed by atoms with E-state index in [4.69, 9.17) is 11.6 Å². The van der Waals surface area contributed by atoms with Crippen molar-refractivity contribution in [2.24, 2.45) is 0 Å². The van der Waals surface area contributed by atoms with Crippen LogP contribution in [0.15, 0.2) is 71.6 Å². The SMILES string of the molecule is Cc1ccc(Cl)cc1NS(=O)(=O)c1ccc(NC(=O)c2ccc(CN3CCCC3=O)cc2)cc1. The fourth-order valence-corrected chi connectivity index (χ4v) is 4.98. The number of carbonyl (C=O) groups excluding carboxylic acids is 2. The van der Waals surface area contributed by atoms with Crippen LogP contribution in [-0.4, -0.2) is 31.7 Å². The molecule has 0 aromatic heterocycles. The number of rotatable bonds is 7. The molecule has 1 aliphatic rings. The van der Waals surface area contributed by atoms with E-state index in [9.17, 15) is 18.0 Å². The first-order valence-electron chi connectivity index (χ1n) is 10.8. The highest BCUT2D eigenvalue weighted by atomic mass is 35.5. The Balaban J connectivity index is 1.39. The smallest absolute Gasteiger partial charge is 0.261 e. The van der Waals surface area contributed by atoms with Crippen molar-refractivity contribution < 1.29 is 18.0 Å². The number of benzene rings is 3. The van der Waals surface area contributed by atoms with Gasteiger partial charge in [0.15, 0.2) is 0 Å². The summed E-state index contributed by atoms with van der Waals surface area (Å²) in [5.74, 6) is -0.155. The lowest BCUT2D eigenvalue weighted by atomic mass is 10.1. The molecule has 0 aliphatic carbocycles. The number of anilines is 2. The summed E-state index contributed by atoms with van der Waals surface area (Å²) in [6.45, 7) is 3.09. The molecular weight excluding hydrogens is 474 g/mol. The van der Waals surface area contributed by atoms with Crippen LogP contribution in [0.4, 0.5) is 11.4 Å². The fourth-order valence-electron chi connectivity index (χ4n) is 3.68. The van der Waals surface area contributed by atoms with Crippen LogP contribution in [0.1, 0.15) is 34.3 Å². The lowest BCUT2D eigenvalue weighted by Gasteiger charge is -2.15. The summed E-state index contributed by atoms with van der Waals surface area (Å²) in [7, 11) is -3.82. The van der Waals surface area contributed by atoms with E-state index in [2.05, 4.69) is 10.0 Å². The molecule has 34 heavy (non-hydrogen) atoms. The van der Waals surface area contributed by atoms with Gasteiger partial charge in [-0.1, -0.05) is 29.8 Å². The average molecular weight is 498 g/mol. The van der Waals surface area contributed by atoms with Crippen LogP contribution in [0.25, 0.3) is 0 Å². The first-order valence-corrected chi connectivity index (χ1v) is 12.6. The molecule has 3 aromatic rings. The number of nitrogens with one attached hydrogen (secondary N) is 2. The maximum Gasteiger partial charge on any atom is 0.261 e. The summed E-state index contributed by atoms with van der Waals surface area (Å²) in [6, 6.07) is 18.0. The molecule has 1 saturated heterocycles. The second-order valence-corrected chi connectivity index (χ2v) is 10.3. The minimum Gasteiger partial charge on any atom is -0.338 e. The molecule has 0 saturated carbocycles. The number of halogens is 1. The highest BCUT2D eigenvalue weighted by Crippen LogP contribution is 2.24. The molecule has 9 heteroatoms. The van der Waals surface area contributed by atoms with Gasteiger partial charge in [-0.2, -0.15) is 0 Å². The number of nitrogens with zero attached hydrogens (tertiary/aromatic N) is 1. The topological polar surface area (TPSA) is 95.6 Å². The summed E-state index contributed by atoms with van der Waals surface area (Å²) in [5.41, 5.74) is 3.04. The molecule has 1 fully saturated rings. The van der Waals surface area contributed by atoms with Gasteiger partial charge in [0.05, 0.1) is 10.6 Å². The highest BCUT2D eigenvalue weighted by molar-refractivity contribution is 7.92. The van der Waals surface area contributed by atoms with E-state index in [-0.39, 0.29) is 16.7 Å². The van der Waals surface area contributed by atoms with E-state index in [1.54, 1.807) is 37.3 Å². The zero-order valence-electron chi connectivity index (χ0n) is 18.5. The maximum absolute atomic E-state index is 12.7. The van der Waals surface area contributed by atoms with E-state index in [1.807, 2.05) is 17.0 Å². The van der Waals surface area contributed by atoms with E-state index >= 15 is 0 Å². The van der Waals surface area contributed by atoms with Gasteiger partial charge < -0.3 is 10.2 Å². The average Bonchev–Trinajstić information content (AvgIpc) is 3.21. The van der Waals surface area contributed by atoms with Crippen molar-refractivity contribution in [2.75, 3.05) is 16.6 Å². The Hall–Kier alpha value is -3.36. The third kappa shape index (κ3) is 5.58. The highest BCUT2D eigenvalue weighted by Gasteiger charge is 2.20. The van der Waals surface area contributed by atoms with Gasteiger partial charge >= 0.3 is 0 Å². The van der Waals surface area contributed by atoms with Crippen LogP contribution in [-0.2, 0) is 21.4 Å². The molecule has 1 heterocycles. The standard InChI is InChI=1S/C25H24ClN3O4S/c1-17-4-9-20(26)15-23(17)28-34(32,33)22-12-10-21(11-13-22)27-25(31)19-7-5-18(6-8-19)16-29-14-2-3-24(29)30/h4-13,15,28H,2-3,14,16H2,1H3,(H,27,31). The molecule has 4 rings (SSSR count). The van der Waals surface area contributed by atoms with E-state index in [0.29, 0.717) is 34.9 Å². The Bertz CT molecular complexity index is 1320. The maximum atomic E-state index is 12.7. The number of amides is 2. The van der Waals surface area contributed by atoms with Gasteiger partial charge in [0, 0.05) is 35.8 Å². The molecule has 0 spiro atoms. The molecule has 0 radical (unpaired) electrons. The minimum atomic E-state index is -3.82. The van der Waals surface area contributed by atoms with Crippen molar-refractivity contribution in [2.45, 2.75) is 31.2 Å². The predicted octanol–water partition coefficient (Wildman–Crippen LogP) is 4.82. The van der Waals surface area contributed by atoms with Crippen molar-refractivity contribution in [1.29, 1.82) is 0 Å². The zero-order valence-corrected chi connectivity index (χ0v) is 20.1. The molecule has 1 aliphatic heterocycles. The Morgan fingerprint density at radius 3 is 2.38 bits per heavy atom. The van der Waals surface area contributed by atoms with Crippen molar-refractivity contribution in [3.8, 4) is 0 Å². The van der Waals surface area contributed by atoms with E-state index in [0.717, 1.165) is 24.1 Å². The first kappa shape index (κ1) is 23.8. The van der Waals surface area contributed by atoms with Crippen LogP contribution in [0.5, 0.6) is 0 Å². The first-order chi connectivity index (χ1) is 16.2. The Morgan fingerprint density at radius 2 is 1.74 bits per heavy atom. The van der Waals surface area contributed by atoms with Crippen LogP contribution in [0.3, 0.4) is 0 Å². The molecule has 2 amide bonds. The predicted molar refractivity (Wildman–Crippen MR) is 132 cm³/mol. The van der Waals surface area contributed by atoms with Crippen LogP contribution in [0, 0.1) is 6.92 Å². The quantitative estimate of drug-likeness (QED) is 0.489. The molecular formula is C25H24ClN3O4S. The third-order valence-corrected chi connectivity index (χ3v) is 7.24. The van der Waals surface area contributed by atoms with Gasteiger partial charge in [-0.05, 0) is 73.0 Å². The van der Waals surface area contributed by atoms with Crippen LogP contribution in [0.2, 0.25) is 5.02 Å². The number of sulfonamides is 1. The molecule has 176 valence electrons. The Labute approximate surface area is 203 Å². The summed E-state index contributed by atoms with van der Waals surface area (Å²) < 4.78 is 28.0. The van der Waals surface area contributed by atoms with Crippen molar-refractivity contribution in [3.05, 3.63) is 88.4 Å². The monoisotopic (exact) mass is 497 g/mol. The number of likely N-dealkylation sites (tertiary alicyclic amines) is 1. The van der Waals surface area contributed by atoms with Gasteiger partial charge in [0.25, 0.3) is 15.9 Å². The van der Waals surface area contributed by atoms with Gasteiger partial charge in [-0.3, -0.25) is 14.3 Å². The zero-order chi connectivity index (χ0) is 24.3. The molecule has 7 nitrogen and oxygen atoms in total. The Kier molecular flexibility index (Phi) is 6.90. The van der Waals surface area contributed by atoms with Crippen LogP contribution >= 0.6 is 11.6 Å². The van der Waals surface area contributed by atoms with E-state index < -0.39 is 10.0 Å². The number of hydrogen-bond donors (Lipinski definition) is 2. The molecule has 0 atom stereocenters. The van der Waals surface area contributed by atoms with Crippen molar-refractivity contribution in [1.82, 2.24) is 4.90 Å². The summed E-state index contributed by atoms with van der Waals surface area (Å²) in [4.78, 5) is 26.2. The summed E-state index contributed by atoms with van der Waals surface area (Å²) >= 11 is 5.97. The lowest BCUT2D eigenvalue weighted by Crippen LogP contribution is -2.23. The van der Waals surface area contributed by atoms with Gasteiger partial charge in [0.1, 0.15) is 0 Å². The van der Waals surface area contributed by atoms with E-state index in [1.165, 1.54) is 24.3 Å². The minimum absolute atomic E-state index is 0.0608. The second-order valence-electron chi connectivity index (χ2n) is 8.16. The van der Waals surface area contributed by atoms with Crippen molar-refractivity contribution in [3.63, 3.8) is 0 Å². The van der Waals surface area contributed by atoms with Crippen LogP contribution < -0.4 is 10.0 Å². The number of hydrogen-bond acceptors (Lipinski definition) is 4. The Morgan fingerprint density at radius 1 is 1.03 bits per heavy atom. The van der Waals surface area contributed by atoms with Gasteiger partial charge in [-0.15, -0.1) is 0 Å². The summed E-state index contributed by atoms with van der Waals surface area (Å²) in [5, 5.41) is 3.20.